The molecule has 0 fully saturated rings. The van der Waals surface area contributed by atoms with E-state index >= 15 is 0 Å². The van der Waals surface area contributed by atoms with Gasteiger partial charge in [-0.3, -0.25) is 14.7 Å². The number of H-pyrrole nitrogens is 2. The average Bonchev–Trinajstić information content (AvgIpc) is 3.48. The minimum atomic E-state index is -0.133. The molecule has 1 amide bonds. The van der Waals surface area contributed by atoms with Gasteiger partial charge in [0.1, 0.15) is 0 Å². The fourth-order valence-electron chi connectivity index (χ4n) is 4.70. The van der Waals surface area contributed by atoms with Gasteiger partial charge < -0.3 is 9.88 Å². The van der Waals surface area contributed by atoms with Crippen LogP contribution in [-0.2, 0) is 24.2 Å². The maximum atomic E-state index is 13.2. The Kier molecular flexibility index (Phi) is 4.61. The zero-order chi connectivity index (χ0) is 22.4. The van der Waals surface area contributed by atoms with E-state index in [2.05, 4.69) is 16.1 Å². The summed E-state index contributed by atoms with van der Waals surface area (Å²) in [5.41, 5.74) is 5.92. The molecule has 1 aliphatic rings. The van der Waals surface area contributed by atoms with Crippen LogP contribution >= 0.6 is 0 Å². The lowest BCUT2D eigenvalue weighted by molar-refractivity contribution is -0.132. The SMILES string of the molecule is O=C(CCc1c[nH]c2ccccc12)N1CCc2nc3cc(-c4ccccc4)[nH]n3c(=O)c2C1. The monoisotopic (exact) mass is 437 g/mol. The Balaban J connectivity index is 1.23. The number of carbonyl (C=O) groups is 1. The number of carbonyl (C=O) groups excluding carboxylic acids is 1. The summed E-state index contributed by atoms with van der Waals surface area (Å²) in [6.07, 6.45) is 3.65. The number of amides is 1. The van der Waals surface area contributed by atoms with Gasteiger partial charge in [0.25, 0.3) is 5.56 Å². The molecule has 0 aliphatic carbocycles. The van der Waals surface area contributed by atoms with Gasteiger partial charge in [0, 0.05) is 42.6 Å². The predicted octanol–water partition coefficient (Wildman–Crippen LogP) is 3.69. The van der Waals surface area contributed by atoms with Crippen LogP contribution in [0.3, 0.4) is 0 Å². The molecule has 4 heterocycles. The molecule has 7 heteroatoms. The summed E-state index contributed by atoms with van der Waals surface area (Å²) in [5.74, 6) is 0.0619. The molecule has 0 saturated carbocycles. The van der Waals surface area contributed by atoms with Crippen molar-refractivity contribution in [1.82, 2.24) is 24.5 Å². The van der Waals surface area contributed by atoms with E-state index in [0.29, 0.717) is 43.6 Å². The molecular formula is C26H23N5O2. The first-order valence-corrected chi connectivity index (χ1v) is 11.2. The number of benzene rings is 2. The largest absolute Gasteiger partial charge is 0.361 e. The van der Waals surface area contributed by atoms with Gasteiger partial charge in [-0.2, -0.15) is 0 Å². The number of fused-ring (bicyclic) bond motifs is 3. The summed E-state index contributed by atoms with van der Waals surface area (Å²) >= 11 is 0. The topological polar surface area (TPSA) is 86.3 Å². The van der Waals surface area contributed by atoms with Crippen LogP contribution in [0, 0.1) is 0 Å². The lowest BCUT2D eigenvalue weighted by atomic mass is 10.0. The van der Waals surface area contributed by atoms with Gasteiger partial charge in [0.05, 0.1) is 23.5 Å². The van der Waals surface area contributed by atoms with E-state index in [1.807, 2.05) is 60.8 Å². The lowest BCUT2D eigenvalue weighted by Crippen LogP contribution is -2.40. The Morgan fingerprint density at radius 1 is 1.06 bits per heavy atom. The van der Waals surface area contributed by atoms with Gasteiger partial charge in [0.15, 0.2) is 5.65 Å². The molecular weight excluding hydrogens is 414 g/mol. The highest BCUT2D eigenvalue weighted by Crippen LogP contribution is 2.22. The Morgan fingerprint density at radius 3 is 2.76 bits per heavy atom. The van der Waals surface area contributed by atoms with E-state index in [9.17, 15) is 9.59 Å². The predicted molar refractivity (Wildman–Crippen MR) is 127 cm³/mol. The quantitative estimate of drug-likeness (QED) is 0.450. The molecule has 2 N–H and O–H groups in total. The van der Waals surface area contributed by atoms with Gasteiger partial charge in [-0.25, -0.2) is 9.50 Å². The standard InChI is InChI=1S/C26H23N5O2/c32-25(11-10-18-15-27-21-9-5-4-8-19(18)21)30-13-12-22-20(16-30)26(33)31-24(28-22)14-23(29-31)17-6-2-1-3-7-17/h1-9,14-15,27,29H,10-13,16H2. The zero-order valence-corrected chi connectivity index (χ0v) is 18.0. The van der Waals surface area contributed by atoms with Crippen molar-refractivity contribution in [1.29, 1.82) is 0 Å². The maximum Gasteiger partial charge on any atom is 0.277 e. The second-order valence-corrected chi connectivity index (χ2v) is 8.50. The third-order valence-corrected chi connectivity index (χ3v) is 6.48. The first-order chi connectivity index (χ1) is 16.2. The summed E-state index contributed by atoms with van der Waals surface area (Å²) in [5, 5.41) is 4.32. The molecule has 0 atom stereocenters. The fourth-order valence-corrected chi connectivity index (χ4v) is 4.70. The van der Waals surface area contributed by atoms with Crippen molar-refractivity contribution in [2.45, 2.75) is 25.8 Å². The lowest BCUT2D eigenvalue weighted by Gasteiger charge is -2.27. The van der Waals surface area contributed by atoms with Gasteiger partial charge in [-0.15, -0.1) is 0 Å². The molecule has 0 radical (unpaired) electrons. The van der Waals surface area contributed by atoms with E-state index in [1.54, 1.807) is 4.90 Å². The number of rotatable bonds is 4. The number of hydrogen-bond donors (Lipinski definition) is 2. The van der Waals surface area contributed by atoms with Crippen LogP contribution in [0.15, 0.2) is 71.7 Å². The molecule has 1 aliphatic heterocycles. The number of aromatic nitrogens is 4. The average molecular weight is 438 g/mol. The van der Waals surface area contributed by atoms with Crippen LogP contribution in [0.2, 0.25) is 0 Å². The van der Waals surface area contributed by atoms with Crippen molar-refractivity contribution in [3.05, 3.63) is 94.0 Å². The Morgan fingerprint density at radius 2 is 1.88 bits per heavy atom. The van der Waals surface area contributed by atoms with Gasteiger partial charge >= 0.3 is 0 Å². The first-order valence-electron chi connectivity index (χ1n) is 11.2. The molecule has 3 aromatic heterocycles. The normalized spacial score (nSPS) is 13.5. The van der Waals surface area contributed by atoms with E-state index in [0.717, 1.165) is 33.4 Å². The number of nitrogens with zero attached hydrogens (tertiary/aromatic N) is 3. The van der Waals surface area contributed by atoms with Crippen molar-refractivity contribution in [2.24, 2.45) is 0 Å². The number of hydrogen-bond acceptors (Lipinski definition) is 3. The van der Waals surface area contributed by atoms with Crippen LogP contribution in [-0.4, -0.2) is 36.9 Å². The highest BCUT2D eigenvalue weighted by molar-refractivity contribution is 5.84. The minimum Gasteiger partial charge on any atom is -0.361 e. The summed E-state index contributed by atoms with van der Waals surface area (Å²) in [6.45, 7) is 0.884. The molecule has 0 spiro atoms. The maximum absolute atomic E-state index is 13.2. The molecule has 5 aromatic rings. The molecule has 33 heavy (non-hydrogen) atoms. The molecule has 164 valence electrons. The first kappa shape index (κ1) is 19.5. The van der Waals surface area contributed by atoms with Crippen LogP contribution < -0.4 is 5.56 Å². The van der Waals surface area contributed by atoms with Crippen molar-refractivity contribution < 1.29 is 4.79 Å². The molecule has 0 unspecified atom stereocenters. The van der Waals surface area contributed by atoms with E-state index < -0.39 is 0 Å². The summed E-state index contributed by atoms with van der Waals surface area (Å²) in [7, 11) is 0. The van der Waals surface area contributed by atoms with E-state index in [-0.39, 0.29) is 11.5 Å². The highest BCUT2D eigenvalue weighted by Gasteiger charge is 2.25. The van der Waals surface area contributed by atoms with Crippen LogP contribution in [0.4, 0.5) is 0 Å². The van der Waals surface area contributed by atoms with Gasteiger partial charge in [0.2, 0.25) is 5.91 Å². The summed E-state index contributed by atoms with van der Waals surface area (Å²) < 4.78 is 1.49. The fraction of sp³-hybridized carbons (Fsp3) is 0.192. The van der Waals surface area contributed by atoms with Crippen molar-refractivity contribution in [3.8, 4) is 11.3 Å². The highest BCUT2D eigenvalue weighted by atomic mass is 16.2. The Hall–Kier alpha value is -4.13. The van der Waals surface area contributed by atoms with E-state index in [4.69, 9.17) is 4.98 Å². The molecule has 7 nitrogen and oxygen atoms in total. The third kappa shape index (κ3) is 3.42. The number of aromatic amines is 2. The van der Waals surface area contributed by atoms with Gasteiger partial charge in [-0.1, -0.05) is 48.5 Å². The second-order valence-electron chi connectivity index (χ2n) is 8.50. The number of para-hydroxylation sites is 1. The van der Waals surface area contributed by atoms with Crippen molar-refractivity contribution in [2.75, 3.05) is 6.54 Å². The molecule has 2 aromatic carbocycles. The van der Waals surface area contributed by atoms with Crippen LogP contribution in [0.25, 0.3) is 27.8 Å². The minimum absolute atomic E-state index is 0.0619. The van der Waals surface area contributed by atoms with Crippen LogP contribution in [0.1, 0.15) is 23.2 Å². The Labute approximate surface area is 189 Å². The van der Waals surface area contributed by atoms with Crippen molar-refractivity contribution in [3.63, 3.8) is 0 Å². The second kappa shape index (κ2) is 7.78. The smallest absolute Gasteiger partial charge is 0.277 e. The van der Waals surface area contributed by atoms with Gasteiger partial charge in [-0.05, 0) is 23.6 Å². The zero-order valence-electron chi connectivity index (χ0n) is 18.0. The number of aryl methyl sites for hydroxylation is 1. The molecule has 0 bridgehead atoms. The molecule has 6 rings (SSSR count). The summed E-state index contributed by atoms with van der Waals surface area (Å²) in [4.78, 5) is 36.0. The van der Waals surface area contributed by atoms with Crippen molar-refractivity contribution >= 4 is 22.5 Å². The summed E-state index contributed by atoms with van der Waals surface area (Å²) in [6, 6.07) is 19.9. The van der Waals surface area contributed by atoms with E-state index in [1.165, 1.54) is 4.52 Å². The Bertz CT molecular complexity index is 1540. The third-order valence-electron chi connectivity index (χ3n) is 6.48. The number of nitrogens with one attached hydrogen (secondary N) is 2. The molecule has 0 saturated heterocycles. The van der Waals surface area contributed by atoms with Crippen LogP contribution in [0.5, 0.6) is 0 Å².